The van der Waals surface area contributed by atoms with Crippen molar-refractivity contribution in [2.24, 2.45) is 5.73 Å². The average molecular weight is 344 g/mol. The topological polar surface area (TPSA) is 55.1 Å². The number of nitrogens with one attached hydrogen (secondary N) is 1. The van der Waals surface area contributed by atoms with Gasteiger partial charge in [0.15, 0.2) is 0 Å². The van der Waals surface area contributed by atoms with E-state index in [2.05, 4.69) is 5.32 Å². The molecule has 3 N–H and O–H groups in total. The molecule has 0 bridgehead atoms. The summed E-state index contributed by atoms with van der Waals surface area (Å²) >= 11 is 18.3. The van der Waals surface area contributed by atoms with Crippen LogP contribution in [0.15, 0.2) is 36.4 Å². The van der Waals surface area contributed by atoms with Gasteiger partial charge in [-0.3, -0.25) is 4.79 Å². The van der Waals surface area contributed by atoms with Crippen LogP contribution < -0.4 is 11.1 Å². The van der Waals surface area contributed by atoms with Gasteiger partial charge < -0.3 is 11.1 Å². The monoisotopic (exact) mass is 342 g/mol. The maximum absolute atomic E-state index is 11.1. The second kappa shape index (κ2) is 7.03. The van der Waals surface area contributed by atoms with Gasteiger partial charge in [0.2, 0.25) is 5.91 Å². The molecule has 0 saturated heterocycles. The Labute approximate surface area is 138 Å². The minimum atomic E-state index is -0.386. The number of amides is 1. The number of rotatable bonds is 5. The van der Waals surface area contributed by atoms with Crippen LogP contribution in [0.25, 0.3) is 0 Å². The van der Waals surface area contributed by atoms with Crippen LogP contribution in [0.5, 0.6) is 0 Å². The molecule has 21 heavy (non-hydrogen) atoms. The van der Waals surface area contributed by atoms with Crippen LogP contribution in [-0.2, 0) is 17.8 Å². The lowest BCUT2D eigenvalue weighted by molar-refractivity contribution is -0.117. The standard InChI is InChI=1S/C15H13Cl3N2O/c16-11-5-6-12(17)15(18)10(11)8-20-13-4-2-1-3-9(13)7-14(19)21/h1-6,20H,7-8H2,(H2,19,21). The minimum absolute atomic E-state index is 0.167. The summed E-state index contributed by atoms with van der Waals surface area (Å²) in [6, 6.07) is 10.8. The summed E-state index contributed by atoms with van der Waals surface area (Å²) in [4.78, 5) is 11.1. The highest BCUT2D eigenvalue weighted by Crippen LogP contribution is 2.32. The zero-order valence-corrected chi connectivity index (χ0v) is 13.3. The molecule has 0 unspecified atom stereocenters. The van der Waals surface area contributed by atoms with Crippen molar-refractivity contribution in [2.45, 2.75) is 13.0 Å². The summed E-state index contributed by atoms with van der Waals surface area (Å²) in [5, 5.41) is 4.61. The number of hydrogen-bond acceptors (Lipinski definition) is 2. The smallest absolute Gasteiger partial charge is 0.221 e. The van der Waals surface area contributed by atoms with E-state index in [0.717, 1.165) is 11.3 Å². The lowest BCUT2D eigenvalue weighted by Crippen LogP contribution is -2.15. The van der Waals surface area contributed by atoms with Crippen LogP contribution in [0, 0.1) is 0 Å². The lowest BCUT2D eigenvalue weighted by atomic mass is 10.1. The molecular formula is C15H13Cl3N2O. The summed E-state index contributed by atoms with van der Waals surface area (Å²) in [6.07, 6.45) is 0.167. The third-order valence-electron chi connectivity index (χ3n) is 2.98. The van der Waals surface area contributed by atoms with Gasteiger partial charge in [0.05, 0.1) is 16.5 Å². The SMILES string of the molecule is NC(=O)Cc1ccccc1NCc1c(Cl)ccc(Cl)c1Cl. The first-order valence-corrected chi connectivity index (χ1v) is 7.35. The summed E-state index contributed by atoms with van der Waals surface area (Å²) in [5.74, 6) is -0.386. The summed E-state index contributed by atoms with van der Waals surface area (Å²) in [5.41, 5.74) is 7.58. The van der Waals surface area contributed by atoms with Gasteiger partial charge in [-0.2, -0.15) is 0 Å². The zero-order valence-electron chi connectivity index (χ0n) is 11.0. The first-order chi connectivity index (χ1) is 9.99. The summed E-state index contributed by atoms with van der Waals surface area (Å²) in [6.45, 7) is 0.397. The number of carbonyl (C=O) groups excluding carboxylic acids is 1. The fourth-order valence-corrected chi connectivity index (χ4v) is 2.63. The number of primary amides is 1. The second-order valence-corrected chi connectivity index (χ2v) is 5.67. The number of hydrogen-bond donors (Lipinski definition) is 2. The van der Waals surface area contributed by atoms with E-state index < -0.39 is 0 Å². The maximum Gasteiger partial charge on any atom is 0.221 e. The third-order valence-corrected chi connectivity index (χ3v) is 4.17. The average Bonchev–Trinajstić information content (AvgIpc) is 2.44. The van der Waals surface area contributed by atoms with Crippen molar-refractivity contribution in [2.75, 3.05) is 5.32 Å². The van der Waals surface area contributed by atoms with Crippen LogP contribution >= 0.6 is 34.8 Å². The molecule has 0 heterocycles. The Morgan fingerprint density at radius 3 is 2.43 bits per heavy atom. The van der Waals surface area contributed by atoms with E-state index in [1.807, 2.05) is 24.3 Å². The van der Waals surface area contributed by atoms with E-state index in [1.54, 1.807) is 12.1 Å². The molecule has 110 valence electrons. The molecule has 0 aliphatic carbocycles. The Balaban J connectivity index is 2.21. The predicted octanol–water partition coefficient (Wildman–Crippen LogP) is 4.29. The van der Waals surface area contributed by atoms with Crippen molar-refractivity contribution in [1.82, 2.24) is 0 Å². The highest BCUT2D eigenvalue weighted by atomic mass is 35.5. The van der Waals surface area contributed by atoms with E-state index in [1.165, 1.54) is 0 Å². The van der Waals surface area contributed by atoms with Crippen molar-refractivity contribution in [3.05, 3.63) is 62.6 Å². The molecule has 2 aromatic rings. The van der Waals surface area contributed by atoms with Gasteiger partial charge in [-0.15, -0.1) is 0 Å². The fraction of sp³-hybridized carbons (Fsp3) is 0.133. The summed E-state index contributed by atoms with van der Waals surface area (Å²) < 4.78 is 0. The quantitative estimate of drug-likeness (QED) is 0.796. The van der Waals surface area contributed by atoms with Crippen molar-refractivity contribution >= 4 is 46.4 Å². The van der Waals surface area contributed by atoms with Gasteiger partial charge in [0, 0.05) is 22.8 Å². The van der Waals surface area contributed by atoms with Crippen molar-refractivity contribution in [1.29, 1.82) is 0 Å². The van der Waals surface area contributed by atoms with Gasteiger partial charge in [0.1, 0.15) is 0 Å². The molecule has 1 amide bonds. The van der Waals surface area contributed by atoms with Crippen molar-refractivity contribution < 1.29 is 4.79 Å². The maximum atomic E-state index is 11.1. The predicted molar refractivity (Wildman–Crippen MR) is 88.1 cm³/mol. The highest BCUT2D eigenvalue weighted by molar-refractivity contribution is 6.44. The number of anilines is 1. The van der Waals surface area contributed by atoms with Crippen LogP contribution in [0.1, 0.15) is 11.1 Å². The van der Waals surface area contributed by atoms with Crippen LogP contribution in [-0.4, -0.2) is 5.91 Å². The van der Waals surface area contributed by atoms with E-state index in [-0.39, 0.29) is 12.3 Å². The van der Waals surface area contributed by atoms with E-state index in [0.29, 0.717) is 27.2 Å². The molecule has 0 saturated carbocycles. The lowest BCUT2D eigenvalue weighted by Gasteiger charge is -2.13. The molecule has 2 rings (SSSR count). The molecule has 6 heteroatoms. The number of benzene rings is 2. The number of halogens is 3. The Kier molecular flexibility index (Phi) is 5.34. The van der Waals surface area contributed by atoms with Crippen molar-refractivity contribution in [3.8, 4) is 0 Å². The molecule has 0 aromatic heterocycles. The molecule has 0 radical (unpaired) electrons. The van der Waals surface area contributed by atoms with Gasteiger partial charge in [-0.1, -0.05) is 53.0 Å². The molecule has 0 aliphatic rings. The minimum Gasteiger partial charge on any atom is -0.381 e. The van der Waals surface area contributed by atoms with E-state index in [9.17, 15) is 4.79 Å². The van der Waals surface area contributed by atoms with Gasteiger partial charge >= 0.3 is 0 Å². The first kappa shape index (κ1) is 16.0. The second-order valence-electron chi connectivity index (χ2n) is 4.48. The molecule has 0 fully saturated rings. The molecule has 2 aromatic carbocycles. The number of nitrogens with two attached hydrogens (primary N) is 1. The Bertz CT molecular complexity index is 674. The summed E-state index contributed by atoms with van der Waals surface area (Å²) in [7, 11) is 0. The Hall–Kier alpha value is -1.42. The van der Waals surface area contributed by atoms with Crippen molar-refractivity contribution in [3.63, 3.8) is 0 Å². The number of carbonyl (C=O) groups is 1. The molecular weight excluding hydrogens is 331 g/mol. The molecule has 0 spiro atoms. The van der Waals surface area contributed by atoms with Crippen LogP contribution in [0.3, 0.4) is 0 Å². The Morgan fingerprint density at radius 2 is 1.71 bits per heavy atom. The third kappa shape index (κ3) is 4.03. The zero-order chi connectivity index (χ0) is 15.4. The van der Waals surface area contributed by atoms with E-state index >= 15 is 0 Å². The molecule has 0 aliphatic heterocycles. The van der Waals surface area contributed by atoms with Gasteiger partial charge in [-0.25, -0.2) is 0 Å². The number of para-hydroxylation sites is 1. The van der Waals surface area contributed by atoms with E-state index in [4.69, 9.17) is 40.5 Å². The largest absolute Gasteiger partial charge is 0.381 e. The van der Waals surface area contributed by atoms with Gasteiger partial charge in [-0.05, 0) is 23.8 Å². The van der Waals surface area contributed by atoms with Crippen LogP contribution in [0.2, 0.25) is 15.1 Å². The molecule has 0 atom stereocenters. The fourth-order valence-electron chi connectivity index (χ4n) is 1.95. The van der Waals surface area contributed by atoms with Crippen LogP contribution in [0.4, 0.5) is 5.69 Å². The highest BCUT2D eigenvalue weighted by Gasteiger charge is 2.11. The van der Waals surface area contributed by atoms with Gasteiger partial charge in [0.25, 0.3) is 0 Å². The Morgan fingerprint density at radius 1 is 1.05 bits per heavy atom. The molecule has 3 nitrogen and oxygen atoms in total. The normalized spacial score (nSPS) is 10.4. The first-order valence-electron chi connectivity index (χ1n) is 6.21.